The molecule has 4 heteroatoms. The van der Waals surface area contributed by atoms with Crippen LogP contribution in [0.2, 0.25) is 0 Å². The van der Waals surface area contributed by atoms with Crippen molar-refractivity contribution in [3.05, 3.63) is 53.1 Å². The summed E-state index contributed by atoms with van der Waals surface area (Å²) >= 11 is 0. The predicted octanol–water partition coefficient (Wildman–Crippen LogP) is 2.97. The highest BCUT2D eigenvalue weighted by atomic mass is 16.3. The van der Waals surface area contributed by atoms with Crippen LogP contribution in [0.5, 0.6) is 11.5 Å². The highest BCUT2D eigenvalue weighted by Crippen LogP contribution is 2.27. The van der Waals surface area contributed by atoms with E-state index in [0.717, 1.165) is 11.1 Å². The Morgan fingerprint density at radius 3 is 2.26 bits per heavy atom. The van der Waals surface area contributed by atoms with E-state index < -0.39 is 0 Å². The number of carbonyl (C=O) groups excluding carboxylic acids is 1. The van der Waals surface area contributed by atoms with Gasteiger partial charge in [-0.1, -0.05) is 17.2 Å². The largest absolute Gasteiger partial charge is 0.508 e. The zero-order valence-electron chi connectivity index (χ0n) is 10.8. The Morgan fingerprint density at radius 1 is 1.00 bits per heavy atom. The van der Waals surface area contributed by atoms with E-state index in [4.69, 9.17) is 0 Å². The molecule has 2 aromatic carbocycles. The number of aromatic hydroxyl groups is 2. The molecule has 0 aromatic heterocycles. The third-order valence-electron chi connectivity index (χ3n) is 2.71. The van der Waals surface area contributed by atoms with Crippen LogP contribution in [0.4, 0.5) is 5.69 Å². The molecule has 0 atom stereocenters. The van der Waals surface area contributed by atoms with Gasteiger partial charge >= 0.3 is 0 Å². The molecular formula is C15H15NO3. The van der Waals surface area contributed by atoms with Gasteiger partial charge in [-0.2, -0.15) is 0 Å². The number of anilines is 1. The number of hydrogen-bond donors (Lipinski definition) is 3. The van der Waals surface area contributed by atoms with Crippen LogP contribution < -0.4 is 5.32 Å². The normalized spacial score (nSPS) is 10.2. The molecule has 0 aliphatic heterocycles. The summed E-state index contributed by atoms with van der Waals surface area (Å²) in [6, 6.07) is 9.48. The minimum atomic E-state index is -0.326. The Labute approximate surface area is 111 Å². The first-order valence-electron chi connectivity index (χ1n) is 5.87. The van der Waals surface area contributed by atoms with Gasteiger partial charge in [0.15, 0.2) is 0 Å². The molecule has 0 aliphatic carbocycles. The maximum atomic E-state index is 12.1. The van der Waals surface area contributed by atoms with Crippen molar-refractivity contribution in [2.24, 2.45) is 0 Å². The minimum absolute atomic E-state index is 0.0199. The number of phenols is 2. The summed E-state index contributed by atoms with van der Waals surface area (Å²) in [6.07, 6.45) is 0. The lowest BCUT2D eigenvalue weighted by Crippen LogP contribution is -2.12. The molecule has 3 N–H and O–H groups in total. The third-order valence-corrected chi connectivity index (χ3v) is 2.71. The molecular weight excluding hydrogens is 242 g/mol. The smallest absolute Gasteiger partial charge is 0.255 e. The van der Waals surface area contributed by atoms with E-state index >= 15 is 0 Å². The van der Waals surface area contributed by atoms with Gasteiger partial charge in [-0.15, -0.1) is 0 Å². The number of carbonyl (C=O) groups is 1. The lowest BCUT2D eigenvalue weighted by Gasteiger charge is -2.09. The molecule has 0 saturated heterocycles. The second kappa shape index (κ2) is 5.02. The fourth-order valence-electron chi connectivity index (χ4n) is 1.92. The Kier molecular flexibility index (Phi) is 3.42. The number of phenolic OH excluding ortho intramolecular Hbond substituents is 2. The van der Waals surface area contributed by atoms with Crippen LogP contribution in [0.15, 0.2) is 36.4 Å². The summed E-state index contributed by atoms with van der Waals surface area (Å²) in [7, 11) is 0. The van der Waals surface area contributed by atoms with Crippen molar-refractivity contribution >= 4 is 11.6 Å². The fraction of sp³-hybridized carbons (Fsp3) is 0.133. The molecule has 0 fully saturated rings. The number of rotatable bonds is 2. The molecule has 0 radical (unpaired) electrons. The number of amides is 1. The Bertz CT molecular complexity index is 615. The highest BCUT2D eigenvalue weighted by Gasteiger charge is 2.10. The zero-order valence-corrected chi connectivity index (χ0v) is 10.8. The molecule has 19 heavy (non-hydrogen) atoms. The van der Waals surface area contributed by atoms with Gasteiger partial charge < -0.3 is 15.5 Å². The SMILES string of the molecule is Cc1cc(C)cc(C(=O)Nc2cc(O)ccc2O)c1. The summed E-state index contributed by atoms with van der Waals surface area (Å²) in [6.45, 7) is 3.82. The zero-order chi connectivity index (χ0) is 14.0. The number of benzene rings is 2. The average Bonchev–Trinajstić information content (AvgIpc) is 2.32. The molecule has 0 bridgehead atoms. The van der Waals surface area contributed by atoms with Gasteiger partial charge in [-0.05, 0) is 38.1 Å². The minimum Gasteiger partial charge on any atom is -0.508 e. The second-order valence-corrected chi connectivity index (χ2v) is 4.53. The molecule has 2 rings (SSSR count). The molecule has 0 saturated carbocycles. The Hall–Kier alpha value is -2.49. The van der Waals surface area contributed by atoms with Gasteiger partial charge in [0.1, 0.15) is 11.5 Å². The molecule has 0 heterocycles. The number of nitrogens with one attached hydrogen (secondary N) is 1. The number of aryl methyl sites for hydroxylation is 2. The van der Waals surface area contributed by atoms with Crippen molar-refractivity contribution in [2.75, 3.05) is 5.32 Å². The standard InChI is InChI=1S/C15H15NO3/c1-9-5-10(2)7-11(6-9)15(19)16-13-8-12(17)3-4-14(13)18/h3-8,17-18H,1-2H3,(H,16,19). The summed E-state index contributed by atoms with van der Waals surface area (Å²) in [4.78, 5) is 12.1. The van der Waals surface area contributed by atoms with Crippen LogP contribution in [-0.2, 0) is 0 Å². The van der Waals surface area contributed by atoms with E-state index in [1.54, 1.807) is 12.1 Å². The van der Waals surface area contributed by atoms with Crippen molar-refractivity contribution < 1.29 is 15.0 Å². The van der Waals surface area contributed by atoms with Crippen LogP contribution in [-0.4, -0.2) is 16.1 Å². The monoisotopic (exact) mass is 257 g/mol. The lowest BCUT2D eigenvalue weighted by atomic mass is 10.1. The topological polar surface area (TPSA) is 69.6 Å². The summed E-state index contributed by atoms with van der Waals surface area (Å²) < 4.78 is 0. The highest BCUT2D eigenvalue weighted by molar-refractivity contribution is 6.05. The summed E-state index contributed by atoms with van der Waals surface area (Å²) in [5, 5.41) is 21.5. The molecule has 98 valence electrons. The maximum absolute atomic E-state index is 12.1. The quantitative estimate of drug-likeness (QED) is 0.572. The molecule has 0 unspecified atom stereocenters. The first-order valence-corrected chi connectivity index (χ1v) is 5.87. The molecule has 0 aliphatic rings. The van der Waals surface area contributed by atoms with Crippen LogP contribution in [0, 0.1) is 13.8 Å². The van der Waals surface area contributed by atoms with Crippen molar-refractivity contribution in [3.8, 4) is 11.5 Å². The van der Waals surface area contributed by atoms with Gasteiger partial charge in [0, 0.05) is 11.6 Å². The van der Waals surface area contributed by atoms with Crippen molar-refractivity contribution in [1.82, 2.24) is 0 Å². The maximum Gasteiger partial charge on any atom is 0.255 e. The lowest BCUT2D eigenvalue weighted by molar-refractivity contribution is 0.102. The van der Waals surface area contributed by atoms with Crippen molar-refractivity contribution in [2.45, 2.75) is 13.8 Å². The van der Waals surface area contributed by atoms with Crippen LogP contribution in [0.1, 0.15) is 21.5 Å². The fourth-order valence-corrected chi connectivity index (χ4v) is 1.92. The second-order valence-electron chi connectivity index (χ2n) is 4.53. The Morgan fingerprint density at radius 2 is 1.63 bits per heavy atom. The molecule has 4 nitrogen and oxygen atoms in total. The summed E-state index contributed by atoms with van der Waals surface area (Å²) in [5.41, 5.74) is 2.68. The van der Waals surface area contributed by atoms with Gasteiger partial charge in [-0.25, -0.2) is 0 Å². The Balaban J connectivity index is 2.28. The summed E-state index contributed by atoms with van der Waals surface area (Å²) in [5.74, 6) is -0.434. The van der Waals surface area contributed by atoms with E-state index in [1.165, 1.54) is 18.2 Å². The molecule has 2 aromatic rings. The first-order chi connectivity index (χ1) is 8.95. The van der Waals surface area contributed by atoms with Crippen molar-refractivity contribution in [1.29, 1.82) is 0 Å². The molecule has 0 spiro atoms. The number of hydrogen-bond acceptors (Lipinski definition) is 3. The van der Waals surface area contributed by atoms with Crippen molar-refractivity contribution in [3.63, 3.8) is 0 Å². The van der Waals surface area contributed by atoms with E-state index in [1.807, 2.05) is 19.9 Å². The van der Waals surface area contributed by atoms with Gasteiger partial charge in [0.2, 0.25) is 0 Å². The van der Waals surface area contributed by atoms with E-state index in [-0.39, 0.29) is 23.1 Å². The van der Waals surface area contributed by atoms with Crippen LogP contribution in [0.3, 0.4) is 0 Å². The third kappa shape index (κ3) is 3.04. The van der Waals surface area contributed by atoms with Gasteiger partial charge in [0.25, 0.3) is 5.91 Å². The van der Waals surface area contributed by atoms with Gasteiger partial charge in [0.05, 0.1) is 5.69 Å². The van der Waals surface area contributed by atoms with E-state index in [2.05, 4.69) is 5.32 Å². The van der Waals surface area contributed by atoms with Gasteiger partial charge in [-0.3, -0.25) is 4.79 Å². The van der Waals surface area contributed by atoms with E-state index in [0.29, 0.717) is 5.56 Å². The average molecular weight is 257 g/mol. The van der Waals surface area contributed by atoms with Crippen LogP contribution >= 0.6 is 0 Å². The van der Waals surface area contributed by atoms with Crippen LogP contribution in [0.25, 0.3) is 0 Å². The predicted molar refractivity (Wildman–Crippen MR) is 73.6 cm³/mol. The molecule has 1 amide bonds. The van der Waals surface area contributed by atoms with E-state index in [9.17, 15) is 15.0 Å². The first kappa shape index (κ1) is 13.0.